The third-order valence-electron chi connectivity index (χ3n) is 0.106. The van der Waals surface area contributed by atoms with Crippen LogP contribution in [-0.2, 0) is 30.3 Å². The molecule has 44 valence electrons. The zero-order valence-electron chi connectivity index (χ0n) is 3.01. The van der Waals surface area contributed by atoms with Crippen LogP contribution in [-0.4, -0.2) is 15.0 Å². The summed E-state index contributed by atoms with van der Waals surface area (Å²) in [7, 11) is -4.59. The summed E-state index contributed by atoms with van der Waals surface area (Å²) in [6, 6.07) is 0. The molecule has 0 aliphatic carbocycles. The second kappa shape index (κ2) is 3.72. The third-order valence-corrected chi connectivity index (χ3v) is 0.319. The monoisotopic (exact) mass is 298 g/mol. The first-order valence-corrected chi connectivity index (χ1v) is 2.48. The van der Waals surface area contributed by atoms with E-state index in [1.54, 1.807) is 0 Å². The standard InChI is InChI=1S/H3O5P.W/c1-5-6(2,3)4;/h1H,(H2,2,3,4);. The van der Waals surface area contributed by atoms with Gasteiger partial charge in [0.2, 0.25) is 0 Å². The molecule has 0 saturated heterocycles. The van der Waals surface area contributed by atoms with E-state index in [1.165, 1.54) is 0 Å². The van der Waals surface area contributed by atoms with Crippen molar-refractivity contribution in [1.82, 2.24) is 0 Å². The van der Waals surface area contributed by atoms with E-state index < -0.39 is 7.82 Å². The summed E-state index contributed by atoms with van der Waals surface area (Å²) in [6.45, 7) is 0. The van der Waals surface area contributed by atoms with Gasteiger partial charge < -0.3 is 9.79 Å². The zero-order chi connectivity index (χ0) is 5.21. The average Bonchev–Trinajstić information content (AvgIpc) is 1.35. The minimum atomic E-state index is -4.59. The van der Waals surface area contributed by atoms with Gasteiger partial charge in [0, 0.05) is 21.1 Å². The molecule has 0 spiro atoms. The van der Waals surface area contributed by atoms with Crippen LogP contribution in [0.25, 0.3) is 0 Å². The van der Waals surface area contributed by atoms with E-state index in [2.05, 4.69) is 4.67 Å². The van der Waals surface area contributed by atoms with Crippen molar-refractivity contribution >= 4 is 7.82 Å². The van der Waals surface area contributed by atoms with E-state index in [-0.39, 0.29) is 21.1 Å². The molecule has 0 rings (SSSR count). The van der Waals surface area contributed by atoms with Gasteiger partial charge in [0.05, 0.1) is 0 Å². The summed E-state index contributed by atoms with van der Waals surface area (Å²) >= 11 is 0. The largest absolute Gasteiger partial charge is 0.496 e. The molecule has 0 radical (unpaired) electrons. The predicted molar refractivity (Wildman–Crippen MR) is 15.8 cm³/mol. The molecule has 0 amide bonds. The Morgan fingerprint density at radius 2 is 1.57 bits per heavy atom. The number of rotatable bonds is 1. The first-order chi connectivity index (χ1) is 2.56. The summed E-state index contributed by atoms with van der Waals surface area (Å²) in [5.41, 5.74) is 0. The maximum Gasteiger partial charge on any atom is 0.496 e. The fraction of sp³-hybridized carbons (Fsp3) is 0. The van der Waals surface area contributed by atoms with E-state index in [9.17, 15) is 4.57 Å². The van der Waals surface area contributed by atoms with Gasteiger partial charge in [-0.05, 0) is 0 Å². The van der Waals surface area contributed by atoms with Gasteiger partial charge in [0.15, 0.2) is 0 Å². The molecule has 0 atom stereocenters. The van der Waals surface area contributed by atoms with Crippen molar-refractivity contribution in [1.29, 1.82) is 0 Å². The Hall–Kier alpha value is 0.758. The maximum absolute atomic E-state index is 9.22. The summed E-state index contributed by atoms with van der Waals surface area (Å²) < 4.78 is 11.8. The van der Waals surface area contributed by atoms with Crippen LogP contribution in [0, 0.1) is 0 Å². The normalized spacial score (nSPS) is 10.1. The van der Waals surface area contributed by atoms with Crippen molar-refractivity contribution in [3.63, 3.8) is 0 Å². The molecule has 0 bridgehead atoms. The van der Waals surface area contributed by atoms with Gasteiger partial charge in [0.1, 0.15) is 0 Å². The Balaban J connectivity index is 0. The van der Waals surface area contributed by atoms with Gasteiger partial charge in [-0.15, -0.1) is 4.67 Å². The number of hydrogen-bond acceptors (Lipinski definition) is 3. The molecule has 5 nitrogen and oxygen atoms in total. The Labute approximate surface area is 53.7 Å². The fourth-order valence-electron chi connectivity index (χ4n) is 0. The van der Waals surface area contributed by atoms with Crippen LogP contribution in [0.15, 0.2) is 0 Å². The number of hydrogen-bond donors (Lipinski definition) is 3. The topological polar surface area (TPSA) is 87.0 Å². The molecule has 7 heavy (non-hydrogen) atoms. The van der Waals surface area contributed by atoms with Crippen molar-refractivity contribution in [2.75, 3.05) is 0 Å². The second-order valence-electron chi connectivity index (χ2n) is 0.572. The summed E-state index contributed by atoms with van der Waals surface area (Å²) in [5.74, 6) is 0. The molecule has 7 heteroatoms. The molecular formula is H3O5PW. The van der Waals surface area contributed by atoms with Crippen LogP contribution in [0.1, 0.15) is 0 Å². The van der Waals surface area contributed by atoms with Crippen LogP contribution in [0.5, 0.6) is 0 Å². The smallest absolute Gasteiger partial charge is 0.301 e. The Kier molecular flexibility index (Phi) is 5.68. The van der Waals surface area contributed by atoms with Gasteiger partial charge in [-0.3, -0.25) is 0 Å². The van der Waals surface area contributed by atoms with E-state index in [1.807, 2.05) is 0 Å². The zero-order valence-corrected chi connectivity index (χ0v) is 6.84. The molecule has 0 aromatic heterocycles. The number of phosphoric acid groups is 1. The van der Waals surface area contributed by atoms with Crippen molar-refractivity contribution < 1.29 is 45.3 Å². The average molecular weight is 298 g/mol. The van der Waals surface area contributed by atoms with E-state index >= 15 is 0 Å². The first-order valence-electron chi connectivity index (χ1n) is 0.948. The van der Waals surface area contributed by atoms with Crippen LogP contribution in [0.4, 0.5) is 0 Å². The maximum atomic E-state index is 9.22. The molecule has 0 saturated carbocycles. The summed E-state index contributed by atoms with van der Waals surface area (Å²) in [6.07, 6.45) is 0. The van der Waals surface area contributed by atoms with Crippen molar-refractivity contribution in [2.24, 2.45) is 0 Å². The molecule has 0 heterocycles. The molecule has 0 aromatic rings. The fourth-order valence-corrected chi connectivity index (χ4v) is 0. The Morgan fingerprint density at radius 1 is 1.43 bits per heavy atom. The Morgan fingerprint density at radius 3 is 1.57 bits per heavy atom. The van der Waals surface area contributed by atoms with Crippen LogP contribution >= 0.6 is 7.82 Å². The molecule has 3 N–H and O–H groups in total. The van der Waals surface area contributed by atoms with Crippen molar-refractivity contribution in [2.45, 2.75) is 0 Å². The third kappa shape index (κ3) is 10.8. The van der Waals surface area contributed by atoms with Gasteiger partial charge in [-0.25, -0.2) is 9.82 Å². The molecule has 0 unspecified atom stereocenters. The summed E-state index contributed by atoms with van der Waals surface area (Å²) in [4.78, 5) is 14.9. The summed E-state index contributed by atoms with van der Waals surface area (Å²) in [5, 5.41) is 7.14. The predicted octanol–water partition coefficient (Wildman–Crippen LogP) is -0.434. The van der Waals surface area contributed by atoms with Crippen LogP contribution in [0.3, 0.4) is 0 Å². The van der Waals surface area contributed by atoms with Gasteiger partial charge in [0.25, 0.3) is 0 Å². The van der Waals surface area contributed by atoms with E-state index in [0.29, 0.717) is 0 Å². The van der Waals surface area contributed by atoms with Gasteiger partial charge in [-0.1, -0.05) is 0 Å². The molecule has 0 aliphatic heterocycles. The van der Waals surface area contributed by atoms with E-state index in [0.717, 1.165) is 0 Å². The minimum Gasteiger partial charge on any atom is -0.301 e. The molecule has 0 fully saturated rings. The van der Waals surface area contributed by atoms with Gasteiger partial charge in [-0.2, -0.15) is 0 Å². The SMILES string of the molecule is O=P(O)(O)OO.[W]. The first kappa shape index (κ1) is 10.7. The van der Waals surface area contributed by atoms with Crippen LogP contribution < -0.4 is 0 Å². The van der Waals surface area contributed by atoms with Crippen molar-refractivity contribution in [3.05, 3.63) is 0 Å². The minimum absolute atomic E-state index is 0. The quantitative estimate of drug-likeness (QED) is 0.347. The molecule has 0 aromatic carbocycles. The Bertz CT molecular complexity index is 72.1. The van der Waals surface area contributed by atoms with Crippen LogP contribution in [0.2, 0.25) is 0 Å². The second-order valence-corrected chi connectivity index (χ2v) is 1.72. The van der Waals surface area contributed by atoms with Crippen molar-refractivity contribution in [3.8, 4) is 0 Å². The molecular weight excluding hydrogens is 295 g/mol. The van der Waals surface area contributed by atoms with E-state index in [4.69, 9.17) is 15.0 Å². The van der Waals surface area contributed by atoms with Gasteiger partial charge >= 0.3 is 7.82 Å². The molecule has 0 aliphatic rings.